The van der Waals surface area contributed by atoms with E-state index in [1.54, 1.807) is 75.5 Å². The van der Waals surface area contributed by atoms with Crippen LogP contribution in [0.1, 0.15) is 167 Å². The number of thiol groups is 1. The van der Waals surface area contributed by atoms with Crippen molar-refractivity contribution < 1.29 is 107 Å². The number of nitrogens with two attached hydrogens (primary N) is 3. The molecular formula is C68H121N17O22S2. The van der Waals surface area contributed by atoms with Gasteiger partial charge in [0.15, 0.2) is 5.96 Å². The van der Waals surface area contributed by atoms with Crippen LogP contribution >= 0.6 is 24.4 Å². The van der Waals surface area contributed by atoms with Gasteiger partial charge in [-0.05, 0) is 107 Å². The molecule has 0 spiro atoms. The Morgan fingerprint density at radius 2 is 0.734 bits per heavy atom. The number of carboxylic acid groups (broad SMARTS) is 3. The van der Waals surface area contributed by atoms with Crippen LogP contribution < -0.4 is 86.3 Å². The van der Waals surface area contributed by atoms with E-state index in [-0.39, 0.29) is 69.3 Å². The number of carbonyl (C=O) groups is 16. The standard InChI is InChI=1S/C68H121N17O22S2/c1-15-33(8)50(63(102)78-43(27-31(4)5)60(99)74-39(19-18-25-72-68(70)71)56(95)75-40(20-22-47(90)91)57(96)76-42(24-26-109-14)59(98)84-52(67(106)107)35(10)17-3)83-61(100)44(28-32(6)7)79-65(104)53(37(12)87)81-46(89)29-73-55(94)45(30-108)80-64(103)51(34(9)16-2)82-58(97)41(21-23-48(92)93)77-66(105)54(38(13)88)85-62(101)49(69)36(11)86/h31-45,49-54,86-88,108H,15-30,69H2,1-14H3,(H,73,94)(H,74,99)(H,75,95)(H,76,96)(H,77,105)(H,78,102)(H,79,104)(H,80,103)(H,81,89)(H,82,97)(H,83,100)(H,84,98)(H,85,101)(H,90,91)(H,92,93)(H,106,107)(H4,70,71,72)/t33-,34-,35-,36+,37+,38+,39-,40-,41-,42-,43-,44-,45-,49-,50-,51-,52-,53-,54-/m0/s1. The van der Waals surface area contributed by atoms with Crippen LogP contribution in [0.25, 0.3) is 0 Å². The number of rotatable bonds is 54. The zero-order valence-electron chi connectivity index (χ0n) is 64.7. The van der Waals surface area contributed by atoms with Crippen LogP contribution in [0.5, 0.6) is 0 Å². The van der Waals surface area contributed by atoms with Gasteiger partial charge in [-0.2, -0.15) is 24.4 Å². The lowest BCUT2D eigenvalue weighted by atomic mass is 9.95. The molecule has 0 bridgehead atoms. The summed E-state index contributed by atoms with van der Waals surface area (Å²) in [6, 6.07) is -19.9. The number of aliphatic hydroxyl groups is 3. The number of guanidine groups is 1. The average molecular weight is 1590 g/mol. The number of hydrogen-bond acceptors (Lipinski definition) is 23. The van der Waals surface area contributed by atoms with Gasteiger partial charge in [-0.1, -0.05) is 88.5 Å². The second-order valence-corrected chi connectivity index (χ2v) is 29.3. The van der Waals surface area contributed by atoms with Crippen molar-refractivity contribution in [3.8, 4) is 0 Å². The van der Waals surface area contributed by atoms with E-state index in [9.17, 15) is 107 Å². The molecule has 19 atom stereocenters. The van der Waals surface area contributed by atoms with Crippen LogP contribution in [0.4, 0.5) is 0 Å². The Hall–Kier alpha value is -8.67. The third-order valence-corrected chi connectivity index (χ3v) is 18.6. The molecule has 0 aromatic carbocycles. The van der Waals surface area contributed by atoms with E-state index >= 15 is 0 Å². The molecule has 0 saturated heterocycles. The van der Waals surface area contributed by atoms with Gasteiger partial charge in [0.05, 0.1) is 24.9 Å². The van der Waals surface area contributed by atoms with Crippen molar-refractivity contribution in [3.63, 3.8) is 0 Å². The fourth-order valence-corrected chi connectivity index (χ4v) is 11.2. The zero-order valence-corrected chi connectivity index (χ0v) is 66.4. The second kappa shape index (κ2) is 51.7. The number of nitrogens with one attached hydrogen (secondary N) is 13. The van der Waals surface area contributed by atoms with Crippen LogP contribution in [0.2, 0.25) is 0 Å². The molecule has 25 N–H and O–H groups in total. The maximum absolute atomic E-state index is 14.6. The highest BCUT2D eigenvalue weighted by atomic mass is 32.2. The first kappa shape index (κ1) is 100. The van der Waals surface area contributed by atoms with Crippen molar-refractivity contribution >= 4 is 125 Å². The second-order valence-electron chi connectivity index (χ2n) is 27.9. The summed E-state index contributed by atoms with van der Waals surface area (Å²) >= 11 is 5.50. The number of carbonyl (C=O) groups excluding carboxylic acids is 13. The lowest BCUT2D eigenvalue weighted by Gasteiger charge is -2.30. The van der Waals surface area contributed by atoms with Gasteiger partial charge in [0.25, 0.3) is 0 Å². The quantitative estimate of drug-likeness (QED) is 0.0118. The smallest absolute Gasteiger partial charge is 0.326 e. The Morgan fingerprint density at radius 1 is 0.404 bits per heavy atom. The number of hydrogen-bond donors (Lipinski definition) is 23. The van der Waals surface area contributed by atoms with Crippen molar-refractivity contribution in [2.24, 2.45) is 51.8 Å². The summed E-state index contributed by atoms with van der Waals surface area (Å²) in [6.07, 6.45) is -4.77. The molecule has 0 rings (SSSR count). The van der Waals surface area contributed by atoms with E-state index in [0.29, 0.717) is 12.2 Å². The highest BCUT2D eigenvalue weighted by molar-refractivity contribution is 7.98. The molecule has 109 heavy (non-hydrogen) atoms. The van der Waals surface area contributed by atoms with Crippen LogP contribution in [0.15, 0.2) is 4.99 Å². The normalized spacial score (nSPS) is 16.5. The minimum absolute atomic E-state index is 0.00174. The van der Waals surface area contributed by atoms with E-state index in [1.807, 2.05) is 0 Å². The number of carboxylic acids is 3. The van der Waals surface area contributed by atoms with Gasteiger partial charge >= 0.3 is 17.9 Å². The van der Waals surface area contributed by atoms with Gasteiger partial charge in [-0.25, -0.2) is 4.79 Å². The molecule has 0 aliphatic rings. The molecule has 0 radical (unpaired) electrons. The van der Waals surface area contributed by atoms with Gasteiger partial charge < -0.3 is 117 Å². The monoisotopic (exact) mass is 1590 g/mol. The first-order chi connectivity index (χ1) is 50.8. The molecule has 622 valence electrons. The molecule has 0 aromatic heterocycles. The fourth-order valence-electron chi connectivity index (χ4n) is 10.5. The first-order valence-electron chi connectivity index (χ1n) is 36.3. The third-order valence-electron chi connectivity index (χ3n) is 17.6. The molecule has 0 heterocycles. The largest absolute Gasteiger partial charge is 0.481 e. The first-order valence-corrected chi connectivity index (χ1v) is 38.4. The summed E-state index contributed by atoms with van der Waals surface area (Å²) in [7, 11) is 0. The number of aliphatic hydroxyl groups excluding tert-OH is 3. The molecule has 13 amide bonds. The highest BCUT2D eigenvalue weighted by Gasteiger charge is 2.40. The van der Waals surface area contributed by atoms with Crippen molar-refractivity contribution in [2.45, 2.75) is 264 Å². The zero-order chi connectivity index (χ0) is 83.9. The molecule has 41 heteroatoms. The Bertz CT molecular complexity index is 3070. The summed E-state index contributed by atoms with van der Waals surface area (Å²) in [5.41, 5.74) is 16.7. The summed E-state index contributed by atoms with van der Waals surface area (Å²) in [4.78, 5) is 220. The van der Waals surface area contributed by atoms with Crippen molar-refractivity contribution in [1.29, 1.82) is 0 Å². The lowest BCUT2D eigenvalue weighted by Crippen LogP contribution is -2.62. The van der Waals surface area contributed by atoms with Crippen LogP contribution in [0.3, 0.4) is 0 Å². The van der Waals surface area contributed by atoms with Gasteiger partial charge in [0.2, 0.25) is 76.8 Å². The minimum atomic E-state index is -1.80. The van der Waals surface area contributed by atoms with Crippen LogP contribution in [0, 0.1) is 29.6 Å². The Morgan fingerprint density at radius 3 is 1.10 bits per heavy atom. The van der Waals surface area contributed by atoms with E-state index in [4.69, 9.17) is 17.2 Å². The number of aliphatic carboxylic acids is 3. The molecule has 0 aliphatic heterocycles. The summed E-state index contributed by atoms with van der Waals surface area (Å²) < 4.78 is 0. The summed E-state index contributed by atoms with van der Waals surface area (Å²) in [5, 5.41) is 91.9. The molecule has 0 aromatic rings. The summed E-state index contributed by atoms with van der Waals surface area (Å²) in [5.74, 6) is -20.0. The predicted molar refractivity (Wildman–Crippen MR) is 405 cm³/mol. The van der Waals surface area contributed by atoms with Crippen molar-refractivity contribution in [3.05, 3.63) is 0 Å². The maximum atomic E-state index is 14.6. The van der Waals surface area contributed by atoms with Gasteiger partial charge in [-0.15, -0.1) is 0 Å². The van der Waals surface area contributed by atoms with E-state index in [2.05, 4.69) is 86.7 Å². The lowest BCUT2D eigenvalue weighted by molar-refractivity contribution is -0.144. The van der Waals surface area contributed by atoms with Crippen molar-refractivity contribution in [2.75, 3.05) is 30.9 Å². The summed E-state index contributed by atoms with van der Waals surface area (Å²) in [6.45, 7) is 19.3. The van der Waals surface area contributed by atoms with Crippen LogP contribution in [-0.2, 0) is 76.7 Å². The molecule has 0 unspecified atom stereocenters. The van der Waals surface area contributed by atoms with E-state index in [1.165, 1.54) is 18.7 Å². The predicted octanol–water partition coefficient (Wildman–Crippen LogP) is -4.83. The third kappa shape index (κ3) is 38.0. The number of aliphatic imine (C=N–C) groups is 1. The molecule has 0 fully saturated rings. The molecule has 0 saturated carbocycles. The molecular weight excluding hydrogens is 1470 g/mol. The topological polar surface area (TPSA) is 641 Å². The van der Waals surface area contributed by atoms with Gasteiger partial charge in [-0.3, -0.25) is 76.9 Å². The minimum Gasteiger partial charge on any atom is -0.481 e. The Labute approximate surface area is 645 Å². The maximum Gasteiger partial charge on any atom is 0.326 e. The molecule has 39 nitrogen and oxygen atoms in total. The van der Waals surface area contributed by atoms with Crippen molar-refractivity contribution in [1.82, 2.24) is 69.1 Å². The highest BCUT2D eigenvalue weighted by Crippen LogP contribution is 2.17. The fraction of sp³-hybridized carbons (Fsp3) is 0.750. The Balaban J connectivity index is 6.86. The number of amides is 13. The molecule has 0 aliphatic carbocycles. The van der Waals surface area contributed by atoms with Gasteiger partial charge in [0.1, 0.15) is 78.5 Å². The number of thioether (sulfide) groups is 1. The van der Waals surface area contributed by atoms with Crippen LogP contribution in [-0.4, -0.2) is 259 Å². The average Bonchev–Trinajstić information content (AvgIpc) is 0.854. The Kier molecular flexibility index (Phi) is 47.6. The van der Waals surface area contributed by atoms with E-state index in [0.717, 1.165) is 13.8 Å². The SMILES string of the molecule is CC[C@H](C)[C@H](NC(=O)[C@H](CCSC)NC(=O)[C@H](CCC(=O)O)NC(=O)[C@H](CCCN=C(N)N)NC(=O)[C@H](CC(C)C)NC(=O)[C@@H](NC(=O)[C@H](CC(C)C)NC(=O)[C@@H](NC(=O)CNC(=O)[C@H](CS)NC(=O)[C@@H](NC(=O)[C@H](CCC(=O)O)NC(=O)[C@@H](NC(=O)[C@@H](N)[C@@H](C)O)[C@@H](C)O)[C@@H](C)CC)[C@@H](C)O)[C@@H](C)CC)C(=O)O. The van der Waals surface area contributed by atoms with Gasteiger partial charge in [0, 0.05) is 25.1 Å². The number of nitrogens with zero attached hydrogens (tertiary/aromatic N) is 1. The van der Waals surface area contributed by atoms with E-state index < -0.39 is 247 Å².